The lowest BCUT2D eigenvalue weighted by atomic mass is 10.2. The Bertz CT molecular complexity index is 234. The molecule has 0 radical (unpaired) electrons. The van der Waals surface area contributed by atoms with E-state index in [1.54, 1.807) is 6.20 Å². The third kappa shape index (κ3) is 1.68. The van der Waals surface area contributed by atoms with E-state index in [0.29, 0.717) is 6.54 Å². The van der Waals surface area contributed by atoms with Gasteiger partial charge in [-0.3, -0.25) is 4.68 Å². The van der Waals surface area contributed by atoms with E-state index in [1.807, 2.05) is 18.8 Å². The van der Waals surface area contributed by atoms with Crippen molar-refractivity contribution in [2.24, 2.45) is 12.8 Å². The third-order valence-electron chi connectivity index (χ3n) is 1.85. The molecule has 3 N–H and O–H groups in total. The lowest BCUT2D eigenvalue weighted by Gasteiger charge is -2.14. The Hall–Kier alpha value is -0.390. The van der Waals surface area contributed by atoms with Crippen LogP contribution in [0.5, 0.6) is 0 Å². The van der Waals surface area contributed by atoms with E-state index in [9.17, 15) is 0 Å². The summed E-state index contributed by atoms with van der Waals surface area (Å²) < 4.78 is 2.81. The second-order valence-electron chi connectivity index (χ2n) is 2.58. The van der Waals surface area contributed by atoms with Crippen molar-refractivity contribution in [3.05, 3.63) is 16.4 Å². The molecule has 68 valence electrons. The molecule has 12 heavy (non-hydrogen) atoms. The molecule has 4 nitrogen and oxygen atoms in total. The molecule has 0 aliphatic heterocycles. The van der Waals surface area contributed by atoms with E-state index in [1.165, 1.54) is 0 Å². The summed E-state index contributed by atoms with van der Waals surface area (Å²) in [7, 11) is 3.79. The van der Waals surface area contributed by atoms with Crippen LogP contribution in [0, 0.1) is 0 Å². The molecule has 0 saturated heterocycles. The van der Waals surface area contributed by atoms with Crippen LogP contribution in [-0.2, 0) is 7.05 Å². The van der Waals surface area contributed by atoms with Gasteiger partial charge < -0.3 is 11.1 Å². The van der Waals surface area contributed by atoms with E-state index in [-0.39, 0.29) is 6.04 Å². The molecule has 5 heteroatoms. The van der Waals surface area contributed by atoms with Gasteiger partial charge in [0, 0.05) is 13.6 Å². The fourth-order valence-corrected chi connectivity index (χ4v) is 1.80. The molecule has 0 aliphatic carbocycles. The molecule has 1 aromatic heterocycles. The summed E-state index contributed by atoms with van der Waals surface area (Å²) in [6.07, 6.45) is 1.77. The fraction of sp³-hybridized carbons (Fsp3) is 0.571. The minimum Gasteiger partial charge on any atom is -0.329 e. The van der Waals surface area contributed by atoms with Crippen LogP contribution in [0.15, 0.2) is 10.7 Å². The van der Waals surface area contributed by atoms with Crippen LogP contribution in [0.25, 0.3) is 0 Å². The van der Waals surface area contributed by atoms with Crippen LogP contribution in [0.3, 0.4) is 0 Å². The molecule has 0 aromatic carbocycles. The normalized spacial score (nSPS) is 13.3. The molecule has 1 aromatic rings. The highest BCUT2D eigenvalue weighted by molar-refractivity contribution is 9.10. The van der Waals surface area contributed by atoms with Crippen molar-refractivity contribution in [1.82, 2.24) is 15.1 Å². The summed E-state index contributed by atoms with van der Waals surface area (Å²) in [6.45, 7) is 0.564. The first-order valence-electron chi connectivity index (χ1n) is 3.75. The van der Waals surface area contributed by atoms with Gasteiger partial charge >= 0.3 is 0 Å². The van der Waals surface area contributed by atoms with Crippen LogP contribution in [0.2, 0.25) is 0 Å². The standard InChI is InChI=1S/C7H13BrN4/c1-10-6(3-9)7-5(8)4-11-12(7)2/h4,6,10H,3,9H2,1-2H3. The van der Waals surface area contributed by atoms with Crippen LogP contribution in [0.1, 0.15) is 11.7 Å². The van der Waals surface area contributed by atoms with Crippen molar-refractivity contribution in [3.8, 4) is 0 Å². The molecule has 0 saturated carbocycles. The van der Waals surface area contributed by atoms with Crippen molar-refractivity contribution in [1.29, 1.82) is 0 Å². The number of nitrogens with two attached hydrogens (primary N) is 1. The Morgan fingerprint density at radius 3 is 2.83 bits per heavy atom. The average Bonchev–Trinajstić information content (AvgIpc) is 2.38. The molecule has 1 unspecified atom stereocenters. The summed E-state index contributed by atoms with van der Waals surface area (Å²) in [4.78, 5) is 0. The Balaban J connectivity index is 2.98. The summed E-state index contributed by atoms with van der Waals surface area (Å²) in [6, 6.07) is 0.159. The molecule has 1 atom stereocenters. The van der Waals surface area contributed by atoms with Crippen LogP contribution >= 0.6 is 15.9 Å². The van der Waals surface area contributed by atoms with Gasteiger partial charge in [0.05, 0.1) is 22.4 Å². The second-order valence-corrected chi connectivity index (χ2v) is 3.43. The van der Waals surface area contributed by atoms with Gasteiger partial charge in [-0.05, 0) is 23.0 Å². The lowest BCUT2D eigenvalue weighted by molar-refractivity contribution is 0.546. The predicted octanol–water partition coefficient (Wildman–Crippen LogP) is 0.402. The van der Waals surface area contributed by atoms with Gasteiger partial charge in [-0.2, -0.15) is 5.10 Å². The SMILES string of the molecule is CNC(CN)c1c(Br)cnn1C. The van der Waals surface area contributed by atoms with Crippen molar-refractivity contribution >= 4 is 15.9 Å². The number of nitrogens with zero attached hydrogens (tertiary/aromatic N) is 2. The van der Waals surface area contributed by atoms with E-state index in [0.717, 1.165) is 10.2 Å². The fourth-order valence-electron chi connectivity index (χ4n) is 1.18. The van der Waals surface area contributed by atoms with Gasteiger partial charge in [-0.15, -0.1) is 0 Å². The number of likely N-dealkylation sites (N-methyl/N-ethyl adjacent to an activating group) is 1. The maximum absolute atomic E-state index is 5.59. The Labute approximate surface area is 80.3 Å². The highest BCUT2D eigenvalue weighted by Crippen LogP contribution is 2.21. The van der Waals surface area contributed by atoms with Crippen molar-refractivity contribution in [3.63, 3.8) is 0 Å². The van der Waals surface area contributed by atoms with Crippen LogP contribution < -0.4 is 11.1 Å². The molecule has 0 amide bonds. The van der Waals surface area contributed by atoms with Crippen molar-refractivity contribution < 1.29 is 0 Å². The molecular weight excluding hydrogens is 220 g/mol. The Kier molecular flexibility index (Phi) is 3.25. The Morgan fingerprint density at radius 1 is 1.83 bits per heavy atom. The highest BCUT2D eigenvalue weighted by atomic mass is 79.9. The first-order valence-corrected chi connectivity index (χ1v) is 4.54. The van der Waals surface area contributed by atoms with Gasteiger partial charge in [0.25, 0.3) is 0 Å². The molecular formula is C7H13BrN4. The zero-order valence-corrected chi connectivity index (χ0v) is 8.80. The number of hydrogen-bond acceptors (Lipinski definition) is 3. The number of nitrogens with one attached hydrogen (secondary N) is 1. The largest absolute Gasteiger partial charge is 0.329 e. The number of halogens is 1. The molecule has 1 rings (SSSR count). The molecule has 0 aliphatic rings. The van der Waals surface area contributed by atoms with Crippen molar-refractivity contribution in [2.75, 3.05) is 13.6 Å². The van der Waals surface area contributed by atoms with Gasteiger partial charge in [0.1, 0.15) is 0 Å². The average molecular weight is 233 g/mol. The third-order valence-corrected chi connectivity index (χ3v) is 2.46. The maximum Gasteiger partial charge on any atom is 0.0705 e. The van der Waals surface area contributed by atoms with Gasteiger partial charge in [0.2, 0.25) is 0 Å². The summed E-state index contributed by atoms with van der Waals surface area (Å²) >= 11 is 3.42. The minimum absolute atomic E-state index is 0.159. The smallest absolute Gasteiger partial charge is 0.0705 e. The number of rotatable bonds is 3. The van der Waals surface area contributed by atoms with E-state index >= 15 is 0 Å². The first-order chi connectivity index (χ1) is 5.70. The Morgan fingerprint density at radius 2 is 2.50 bits per heavy atom. The van der Waals surface area contributed by atoms with Crippen molar-refractivity contribution in [2.45, 2.75) is 6.04 Å². The first kappa shape index (κ1) is 9.70. The molecule has 1 heterocycles. The predicted molar refractivity (Wildman–Crippen MR) is 51.8 cm³/mol. The van der Waals surface area contributed by atoms with Gasteiger partial charge in [0.15, 0.2) is 0 Å². The van der Waals surface area contributed by atoms with Gasteiger partial charge in [-0.25, -0.2) is 0 Å². The lowest BCUT2D eigenvalue weighted by Crippen LogP contribution is -2.27. The second kappa shape index (κ2) is 4.02. The van der Waals surface area contributed by atoms with E-state index < -0.39 is 0 Å². The summed E-state index contributed by atoms with van der Waals surface area (Å²) in [5.74, 6) is 0. The topological polar surface area (TPSA) is 55.9 Å². The minimum atomic E-state index is 0.159. The molecule has 0 bridgehead atoms. The monoisotopic (exact) mass is 232 g/mol. The summed E-state index contributed by atoms with van der Waals surface area (Å²) in [5.41, 5.74) is 6.67. The number of hydrogen-bond donors (Lipinski definition) is 2. The molecule has 0 fully saturated rings. The van der Waals surface area contributed by atoms with Crippen LogP contribution in [-0.4, -0.2) is 23.4 Å². The maximum atomic E-state index is 5.59. The number of aromatic nitrogens is 2. The highest BCUT2D eigenvalue weighted by Gasteiger charge is 2.14. The molecule has 0 spiro atoms. The number of aryl methyl sites for hydroxylation is 1. The van der Waals surface area contributed by atoms with Gasteiger partial charge in [-0.1, -0.05) is 0 Å². The quantitative estimate of drug-likeness (QED) is 0.794. The summed E-state index contributed by atoms with van der Waals surface area (Å²) in [5, 5.41) is 7.23. The zero-order chi connectivity index (χ0) is 9.14. The zero-order valence-electron chi connectivity index (χ0n) is 7.21. The van der Waals surface area contributed by atoms with Crippen LogP contribution in [0.4, 0.5) is 0 Å². The van der Waals surface area contributed by atoms with E-state index in [4.69, 9.17) is 5.73 Å². The van der Waals surface area contributed by atoms with E-state index in [2.05, 4.69) is 26.3 Å².